The number of anilines is 3. The molecule has 0 atom stereocenters. The lowest BCUT2D eigenvalue weighted by Crippen LogP contribution is -2.17. The van der Waals surface area contributed by atoms with Crippen LogP contribution in [0.15, 0.2) is 54.7 Å². The van der Waals surface area contributed by atoms with Crippen LogP contribution in [0.4, 0.5) is 21.7 Å². The molecule has 2 aromatic heterocycles. The van der Waals surface area contributed by atoms with Gasteiger partial charge in [-0.15, -0.1) is 0 Å². The van der Waals surface area contributed by atoms with E-state index in [-0.39, 0.29) is 5.82 Å². The van der Waals surface area contributed by atoms with Gasteiger partial charge in [-0.2, -0.15) is 5.10 Å². The summed E-state index contributed by atoms with van der Waals surface area (Å²) in [5.41, 5.74) is 4.09. The van der Waals surface area contributed by atoms with E-state index in [0.29, 0.717) is 11.6 Å². The molecular formula is C24H24FN7. The maximum atomic E-state index is 14.3. The monoisotopic (exact) mass is 429 g/mol. The Labute approximate surface area is 186 Å². The fourth-order valence-corrected chi connectivity index (χ4v) is 4.04. The van der Waals surface area contributed by atoms with E-state index in [1.54, 1.807) is 23.0 Å². The van der Waals surface area contributed by atoms with Crippen LogP contribution >= 0.6 is 0 Å². The summed E-state index contributed by atoms with van der Waals surface area (Å²) in [6, 6.07) is 14.7. The van der Waals surface area contributed by atoms with E-state index >= 15 is 0 Å². The summed E-state index contributed by atoms with van der Waals surface area (Å²) in [7, 11) is 0. The third kappa shape index (κ3) is 4.16. The van der Waals surface area contributed by atoms with Crippen molar-refractivity contribution < 1.29 is 4.39 Å². The van der Waals surface area contributed by atoms with Gasteiger partial charge in [0.1, 0.15) is 17.5 Å². The second-order valence-electron chi connectivity index (χ2n) is 7.95. The lowest BCUT2D eigenvalue weighted by atomic mass is 10.1. The van der Waals surface area contributed by atoms with Crippen LogP contribution in [0.25, 0.3) is 16.9 Å². The molecule has 1 fully saturated rings. The second-order valence-corrected chi connectivity index (χ2v) is 7.95. The van der Waals surface area contributed by atoms with E-state index in [1.807, 2.05) is 44.2 Å². The topological polar surface area (TPSA) is 71.8 Å². The zero-order valence-electron chi connectivity index (χ0n) is 18.1. The first-order valence-electron chi connectivity index (χ1n) is 10.7. The second kappa shape index (κ2) is 8.37. The first-order valence-corrected chi connectivity index (χ1v) is 10.7. The van der Waals surface area contributed by atoms with E-state index in [4.69, 9.17) is 0 Å². The molecule has 2 aromatic carbocycles. The lowest BCUT2D eigenvalue weighted by molar-refractivity contribution is 0.627. The van der Waals surface area contributed by atoms with Crippen molar-refractivity contribution in [2.45, 2.75) is 26.7 Å². The normalized spacial score (nSPS) is 13.5. The number of halogens is 1. The molecule has 4 aromatic rings. The van der Waals surface area contributed by atoms with Gasteiger partial charge in [0, 0.05) is 36.2 Å². The van der Waals surface area contributed by atoms with Crippen LogP contribution < -0.4 is 10.2 Å². The van der Waals surface area contributed by atoms with Gasteiger partial charge in [-0.25, -0.2) is 24.0 Å². The van der Waals surface area contributed by atoms with Crippen LogP contribution in [-0.4, -0.2) is 37.8 Å². The van der Waals surface area contributed by atoms with Crippen molar-refractivity contribution in [3.8, 4) is 16.9 Å². The van der Waals surface area contributed by atoms with E-state index in [1.165, 1.54) is 6.07 Å². The minimum atomic E-state index is -0.258. The molecule has 0 aliphatic carbocycles. The number of rotatable bonds is 5. The first kappa shape index (κ1) is 20.1. The Morgan fingerprint density at radius 2 is 1.69 bits per heavy atom. The molecule has 5 rings (SSSR count). The van der Waals surface area contributed by atoms with Crippen LogP contribution in [0.1, 0.15) is 24.5 Å². The fourth-order valence-electron chi connectivity index (χ4n) is 4.04. The molecule has 7 nitrogen and oxygen atoms in total. The maximum Gasteiger partial charge on any atom is 0.227 e. The Kier molecular flexibility index (Phi) is 5.26. The van der Waals surface area contributed by atoms with Gasteiger partial charge in [0.15, 0.2) is 0 Å². The number of nitrogens with zero attached hydrogens (tertiary/aromatic N) is 6. The Hall–Kier alpha value is -3.81. The summed E-state index contributed by atoms with van der Waals surface area (Å²) in [5, 5.41) is 7.63. The van der Waals surface area contributed by atoms with Crippen LogP contribution in [0.5, 0.6) is 0 Å². The number of nitrogens with one attached hydrogen (secondary N) is 1. The van der Waals surface area contributed by atoms with Crippen LogP contribution in [-0.2, 0) is 0 Å². The van der Waals surface area contributed by atoms with Crippen molar-refractivity contribution in [2.24, 2.45) is 0 Å². The van der Waals surface area contributed by atoms with E-state index in [2.05, 4.69) is 30.3 Å². The van der Waals surface area contributed by atoms with Crippen molar-refractivity contribution in [1.29, 1.82) is 0 Å². The minimum Gasteiger partial charge on any atom is -0.371 e. The van der Waals surface area contributed by atoms with E-state index in [0.717, 1.165) is 60.2 Å². The Bertz CT molecular complexity index is 1240. The Balaban J connectivity index is 1.37. The number of aromatic nitrogens is 5. The molecule has 1 saturated heterocycles. The highest BCUT2D eigenvalue weighted by Gasteiger charge is 2.15. The lowest BCUT2D eigenvalue weighted by Gasteiger charge is -2.18. The molecule has 32 heavy (non-hydrogen) atoms. The van der Waals surface area contributed by atoms with Gasteiger partial charge in [-0.3, -0.25) is 0 Å². The Morgan fingerprint density at radius 1 is 0.906 bits per heavy atom. The molecule has 0 saturated carbocycles. The largest absolute Gasteiger partial charge is 0.371 e. The van der Waals surface area contributed by atoms with Crippen LogP contribution in [0, 0.1) is 19.7 Å². The molecular weight excluding hydrogens is 405 g/mol. The van der Waals surface area contributed by atoms with Gasteiger partial charge in [0.05, 0.1) is 11.4 Å². The summed E-state index contributed by atoms with van der Waals surface area (Å²) >= 11 is 0. The quantitative estimate of drug-likeness (QED) is 0.490. The summed E-state index contributed by atoms with van der Waals surface area (Å²) < 4.78 is 16.1. The van der Waals surface area contributed by atoms with Crippen molar-refractivity contribution in [3.63, 3.8) is 0 Å². The number of hydrogen-bond donors (Lipinski definition) is 1. The first-order chi connectivity index (χ1) is 15.5. The average Bonchev–Trinajstić information content (AvgIpc) is 3.44. The fraction of sp³-hybridized carbons (Fsp3) is 0.250. The van der Waals surface area contributed by atoms with Crippen molar-refractivity contribution in [2.75, 3.05) is 23.3 Å². The molecule has 8 heteroatoms. The molecule has 0 bridgehead atoms. The smallest absolute Gasteiger partial charge is 0.227 e. The van der Waals surface area contributed by atoms with Gasteiger partial charge < -0.3 is 10.2 Å². The predicted octanol–water partition coefficient (Wildman–Crippen LogP) is 4.82. The van der Waals surface area contributed by atoms with Crippen molar-refractivity contribution in [1.82, 2.24) is 24.7 Å². The van der Waals surface area contributed by atoms with E-state index in [9.17, 15) is 4.39 Å². The molecule has 162 valence electrons. The van der Waals surface area contributed by atoms with Gasteiger partial charge >= 0.3 is 0 Å². The molecule has 3 heterocycles. The van der Waals surface area contributed by atoms with Gasteiger partial charge in [-0.1, -0.05) is 0 Å². The molecule has 1 N–H and O–H groups in total. The van der Waals surface area contributed by atoms with Crippen molar-refractivity contribution >= 4 is 17.3 Å². The molecule has 0 unspecified atom stereocenters. The third-order valence-electron chi connectivity index (χ3n) is 5.55. The van der Waals surface area contributed by atoms with Crippen LogP contribution in [0.2, 0.25) is 0 Å². The summed E-state index contributed by atoms with van der Waals surface area (Å²) in [6.07, 6.45) is 3.96. The van der Waals surface area contributed by atoms with Gasteiger partial charge in [0.2, 0.25) is 5.95 Å². The Morgan fingerprint density at radius 3 is 2.41 bits per heavy atom. The summed E-state index contributed by atoms with van der Waals surface area (Å²) in [6.45, 7) is 5.72. The van der Waals surface area contributed by atoms with Crippen molar-refractivity contribution in [3.05, 3.63) is 72.2 Å². The predicted molar refractivity (Wildman–Crippen MR) is 123 cm³/mol. The highest BCUT2D eigenvalue weighted by Crippen LogP contribution is 2.28. The van der Waals surface area contributed by atoms with Gasteiger partial charge in [0.25, 0.3) is 0 Å². The number of benzene rings is 2. The highest BCUT2D eigenvalue weighted by atomic mass is 19.1. The standard InChI is InChI=1S/C24H24FN7/c1-16-27-17(2)32(30-16)21-7-5-20(6-8-21)28-24-26-10-9-23(29-24)18-13-19(25)15-22(14-18)31-11-3-4-12-31/h5-10,13-15H,3-4,11-12H2,1-2H3,(H,26,28,29). The van der Waals surface area contributed by atoms with Gasteiger partial charge in [-0.05, 0) is 75.2 Å². The molecule has 0 spiro atoms. The average molecular weight is 430 g/mol. The molecule has 0 radical (unpaired) electrons. The molecule has 1 aliphatic rings. The zero-order chi connectivity index (χ0) is 22.1. The summed E-state index contributed by atoms with van der Waals surface area (Å²) in [4.78, 5) is 15.5. The number of aryl methyl sites for hydroxylation is 2. The molecule has 1 aliphatic heterocycles. The highest BCUT2D eigenvalue weighted by molar-refractivity contribution is 5.67. The van der Waals surface area contributed by atoms with E-state index < -0.39 is 0 Å². The minimum absolute atomic E-state index is 0.258. The summed E-state index contributed by atoms with van der Waals surface area (Å²) in [5.74, 6) is 1.77. The maximum absolute atomic E-state index is 14.3. The SMILES string of the molecule is Cc1nc(C)n(-c2ccc(Nc3nccc(-c4cc(F)cc(N5CCCC5)c4)n3)cc2)n1. The zero-order valence-corrected chi connectivity index (χ0v) is 18.1. The molecule has 0 amide bonds. The number of hydrogen-bond acceptors (Lipinski definition) is 6. The third-order valence-corrected chi connectivity index (χ3v) is 5.55. The van der Waals surface area contributed by atoms with Crippen LogP contribution in [0.3, 0.4) is 0 Å².